The van der Waals surface area contributed by atoms with Gasteiger partial charge in [0.1, 0.15) is 0 Å². The predicted molar refractivity (Wildman–Crippen MR) is 240 cm³/mol. The molecule has 0 aliphatic heterocycles. The van der Waals surface area contributed by atoms with Gasteiger partial charge in [-0.15, -0.1) is 11.3 Å². The van der Waals surface area contributed by atoms with E-state index < -0.39 is 5.41 Å². The molecule has 1 aliphatic carbocycles. The van der Waals surface area contributed by atoms with E-state index in [0.29, 0.717) is 17.5 Å². The summed E-state index contributed by atoms with van der Waals surface area (Å²) >= 11 is 1.81. The molecule has 4 heteroatoms. The first-order chi connectivity index (χ1) is 28.8. The van der Waals surface area contributed by atoms with E-state index in [1.165, 1.54) is 48.3 Å². The quantitative estimate of drug-likeness (QED) is 0.162. The van der Waals surface area contributed by atoms with Crippen molar-refractivity contribution in [3.05, 3.63) is 235 Å². The van der Waals surface area contributed by atoms with Gasteiger partial charge >= 0.3 is 0 Å². The van der Waals surface area contributed by atoms with E-state index in [0.717, 1.165) is 33.4 Å². The van der Waals surface area contributed by atoms with Crippen LogP contribution in [0.5, 0.6) is 0 Å². The van der Waals surface area contributed by atoms with Crippen LogP contribution >= 0.6 is 11.3 Å². The summed E-state index contributed by atoms with van der Waals surface area (Å²) in [7, 11) is 0. The van der Waals surface area contributed by atoms with Crippen LogP contribution in [-0.4, -0.2) is 15.0 Å². The molecule has 0 bridgehead atoms. The molecule has 8 aromatic carbocycles. The highest BCUT2D eigenvalue weighted by atomic mass is 32.1. The van der Waals surface area contributed by atoms with Crippen molar-refractivity contribution in [2.75, 3.05) is 0 Å². The van der Waals surface area contributed by atoms with Gasteiger partial charge in [-0.3, -0.25) is 0 Å². The lowest BCUT2D eigenvalue weighted by molar-refractivity contribution is 0.768. The van der Waals surface area contributed by atoms with Crippen molar-refractivity contribution in [3.63, 3.8) is 0 Å². The molecule has 2 aromatic heterocycles. The SMILES string of the molecule is c1ccc(-c2ccccc2-c2nc(-c3ccc(-c4cc5ccccc5s4)cc3)nc(-c3cccc4c3-c3ccccc3C4(c3ccccc3)c3ccccc3)n2)cc1. The Labute approximate surface area is 341 Å². The van der Waals surface area contributed by atoms with Crippen LogP contribution in [0.3, 0.4) is 0 Å². The van der Waals surface area contributed by atoms with Crippen molar-refractivity contribution in [2.24, 2.45) is 0 Å². The van der Waals surface area contributed by atoms with Crippen LogP contribution in [0.1, 0.15) is 22.3 Å². The molecule has 58 heavy (non-hydrogen) atoms. The Morgan fingerprint density at radius 2 is 0.862 bits per heavy atom. The topological polar surface area (TPSA) is 38.7 Å². The van der Waals surface area contributed by atoms with Crippen LogP contribution < -0.4 is 0 Å². The molecule has 0 fully saturated rings. The van der Waals surface area contributed by atoms with Crippen molar-refractivity contribution in [1.29, 1.82) is 0 Å². The van der Waals surface area contributed by atoms with Crippen LogP contribution in [0.4, 0.5) is 0 Å². The van der Waals surface area contributed by atoms with Crippen LogP contribution in [-0.2, 0) is 5.41 Å². The van der Waals surface area contributed by atoms with Gasteiger partial charge in [0.05, 0.1) is 5.41 Å². The largest absolute Gasteiger partial charge is 0.208 e. The average Bonchev–Trinajstić information content (AvgIpc) is 3.88. The van der Waals surface area contributed by atoms with E-state index in [-0.39, 0.29) is 0 Å². The maximum absolute atomic E-state index is 5.40. The first kappa shape index (κ1) is 34.0. The van der Waals surface area contributed by atoms with Crippen molar-refractivity contribution >= 4 is 21.4 Å². The predicted octanol–water partition coefficient (Wildman–Crippen LogP) is 13.8. The molecule has 3 nitrogen and oxygen atoms in total. The number of thiophene rings is 1. The third-order valence-electron chi connectivity index (χ3n) is 11.5. The van der Waals surface area contributed by atoms with Crippen LogP contribution in [0.2, 0.25) is 0 Å². The number of benzene rings is 8. The highest BCUT2D eigenvalue weighted by Crippen LogP contribution is 2.58. The van der Waals surface area contributed by atoms with E-state index in [9.17, 15) is 0 Å². The van der Waals surface area contributed by atoms with E-state index in [4.69, 9.17) is 15.0 Å². The van der Waals surface area contributed by atoms with E-state index in [1.54, 1.807) is 0 Å². The summed E-state index contributed by atoms with van der Waals surface area (Å²) in [4.78, 5) is 17.3. The summed E-state index contributed by atoms with van der Waals surface area (Å²) < 4.78 is 1.28. The minimum absolute atomic E-state index is 0.536. The first-order valence-electron chi connectivity index (χ1n) is 19.6. The van der Waals surface area contributed by atoms with Crippen molar-refractivity contribution < 1.29 is 0 Å². The average molecular weight is 758 g/mol. The molecule has 0 radical (unpaired) electrons. The summed E-state index contributed by atoms with van der Waals surface area (Å²) in [5.74, 6) is 1.90. The lowest BCUT2D eigenvalue weighted by Crippen LogP contribution is -2.28. The molecule has 2 heterocycles. The van der Waals surface area contributed by atoms with Crippen LogP contribution in [0.25, 0.3) is 76.9 Å². The maximum Gasteiger partial charge on any atom is 0.164 e. The van der Waals surface area contributed by atoms with Gasteiger partial charge in [-0.1, -0.05) is 200 Å². The fourth-order valence-corrected chi connectivity index (χ4v) is 9.95. The number of fused-ring (bicyclic) bond motifs is 4. The zero-order valence-electron chi connectivity index (χ0n) is 31.5. The first-order valence-corrected chi connectivity index (χ1v) is 20.4. The van der Waals surface area contributed by atoms with Crippen LogP contribution in [0, 0.1) is 0 Å². The Hall–Kier alpha value is -7.27. The van der Waals surface area contributed by atoms with Gasteiger partial charge in [0, 0.05) is 26.3 Å². The summed E-state index contributed by atoms with van der Waals surface area (Å²) in [5, 5.41) is 1.26. The second kappa shape index (κ2) is 14.0. The number of hydrogen-bond acceptors (Lipinski definition) is 4. The molecule has 0 N–H and O–H groups in total. The molecule has 272 valence electrons. The minimum atomic E-state index is -0.536. The number of nitrogens with zero attached hydrogens (tertiary/aromatic N) is 3. The third-order valence-corrected chi connectivity index (χ3v) is 12.6. The minimum Gasteiger partial charge on any atom is -0.208 e. The molecular weight excluding hydrogens is 723 g/mol. The zero-order chi connectivity index (χ0) is 38.5. The third kappa shape index (κ3) is 5.53. The number of hydrogen-bond donors (Lipinski definition) is 0. The van der Waals surface area contributed by atoms with E-state index >= 15 is 0 Å². The summed E-state index contributed by atoms with van der Waals surface area (Å²) in [5.41, 5.74) is 12.9. The molecule has 0 unspecified atom stereocenters. The molecule has 0 atom stereocenters. The van der Waals surface area contributed by atoms with Gasteiger partial charge in [-0.25, -0.2) is 15.0 Å². The smallest absolute Gasteiger partial charge is 0.164 e. The second-order valence-electron chi connectivity index (χ2n) is 14.7. The van der Waals surface area contributed by atoms with Crippen molar-refractivity contribution in [3.8, 4) is 66.9 Å². The monoisotopic (exact) mass is 757 g/mol. The molecular formula is C54H35N3S. The van der Waals surface area contributed by atoms with E-state index in [1.807, 2.05) is 17.4 Å². The number of aromatic nitrogens is 3. The Morgan fingerprint density at radius 3 is 1.57 bits per heavy atom. The standard InChI is InChI=1S/C54H35N3S/c1-4-17-36(18-5-1)42-24-11-12-25-43(42)52-55-51(38-33-31-37(32-34-38)49-35-39-19-10-15-30-48(39)58-49)56-53(57-52)45-27-16-29-47-50(45)44-26-13-14-28-46(44)54(47,40-20-6-2-7-21-40)41-22-8-3-9-23-41/h1-35H. The van der Waals surface area contributed by atoms with Gasteiger partial charge in [-0.2, -0.15) is 0 Å². The molecule has 0 amide bonds. The molecule has 0 saturated heterocycles. The zero-order valence-corrected chi connectivity index (χ0v) is 32.3. The highest BCUT2D eigenvalue weighted by Gasteiger charge is 2.47. The summed E-state index contributed by atoms with van der Waals surface area (Å²) in [6, 6.07) is 75.7. The van der Waals surface area contributed by atoms with E-state index in [2.05, 4.69) is 206 Å². The van der Waals surface area contributed by atoms with Gasteiger partial charge in [0.2, 0.25) is 0 Å². The molecule has 10 aromatic rings. The fourth-order valence-electron chi connectivity index (χ4n) is 8.88. The maximum atomic E-state index is 5.40. The lowest BCUT2D eigenvalue weighted by Gasteiger charge is -2.33. The van der Waals surface area contributed by atoms with Crippen LogP contribution in [0.15, 0.2) is 212 Å². The number of rotatable bonds is 7. The Kier molecular flexibility index (Phi) is 8.23. The molecule has 0 saturated carbocycles. The van der Waals surface area contributed by atoms with Gasteiger partial charge < -0.3 is 0 Å². The second-order valence-corrected chi connectivity index (χ2v) is 15.8. The Balaban J connectivity index is 1.14. The van der Waals surface area contributed by atoms with Gasteiger partial charge in [0.15, 0.2) is 17.5 Å². The highest BCUT2D eigenvalue weighted by molar-refractivity contribution is 7.22. The molecule has 0 spiro atoms. The van der Waals surface area contributed by atoms with Gasteiger partial charge in [-0.05, 0) is 67.6 Å². The molecule has 11 rings (SSSR count). The summed E-state index contributed by atoms with van der Waals surface area (Å²) in [6.45, 7) is 0. The Morgan fingerprint density at radius 1 is 0.345 bits per heavy atom. The summed E-state index contributed by atoms with van der Waals surface area (Å²) in [6.07, 6.45) is 0. The molecule has 1 aliphatic rings. The van der Waals surface area contributed by atoms with Crippen molar-refractivity contribution in [2.45, 2.75) is 5.41 Å². The normalized spacial score (nSPS) is 12.6. The Bertz CT molecular complexity index is 3030. The lowest BCUT2D eigenvalue weighted by atomic mass is 9.67. The van der Waals surface area contributed by atoms with Gasteiger partial charge in [0.25, 0.3) is 0 Å². The fraction of sp³-hybridized carbons (Fsp3) is 0.0185. The van der Waals surface area contributed by atoms with Crippen molar-refractivity contribution in [1.82, 2.24) is 15.0 Å².